The molecule has 0 spiro atoms. The molecule has 1 aliphatic rings. The van der Waals surface area contributed by atoms with Crippen molar-refractivity contribution in [1.82, 2.24) is 4.90 Å². The van der Waals surface area contributed by atoms with Gasteiger partial charge in [0, 0.05) is 12.6 Å². The summed E-state index contributed by atoms with van der Waals surface area (Å²) in [7, 11) is 2.09. The Labute approximate surface area is 96.2 Å². The maximum Gasteiger partial charge on any atom is 0.115 e. The van der Waals surface area contributed by atoms with Gasteiger partial charge in [-0.3, -0.25) is 4.90 Å². The molecule has 0 bridgehead atoms. The summed E-state index contributed by atoms with van der Waals surface area (Å²) < 4.78 is 12.9. The van der Waals surface area contributed by atoms with E-state index in [2.05, 4.69) is 11.9 Å². The molecule has 0 amide bonds. The first-order valence-electron chi connectivity index (χ1n) is 5.80. The summed E-state index contributed by atoms with van der Waals surface area (Å²) in [5, 5.41) is 0. The minimum absolute atomic E-state index is 0.334. The van der Waals surface area contributed by atoms with Crippen LogP contribution in [0.25, 0.3) is 0 Å². The highest BCUT2D eigenvalue weighted by atomic mass is 19.1. The minimum Gasteiger partial charge on any atom is -0.330 e. The first-order chi connectivity index (χ1) is 7.76. The van der Waals surface area contributed by atoms with Crippen molar-refractivity contribution in [3.63, 3.8) is 0 Å². The lowest BCUT2D eigenvalue weighted by Crippen LogP contribution is -2.21. The van der Waals surface area contributed by atoms with E-state index in [9.17, 15) is 4.39 Å². The molecule has 0 saturated carbocycles. The molecule has 1 saturated heterocycles. The molecule has 1 fully saturated rings. The van der Waals surface area contributed by atoms with Gasteiger partial charge in [0.15, 0.2) is 0 Å². The zero-order valence-corrected chi connectivity index (χ0v) is 9.70. The molecule has 2 N–H and O–H groups in total. The van der Waals surface area contributed by atoms with Crippen LogP contribution in [0.2, 0.25) is 0 Å². The predicted molar refractivity (Wildman–Crippen MR) is 63.8 cm³/mol. The van der Waals surface area contributed by atoms with E-state index < -0.39 is 0 Å². The van der Waals surface area contributed by atoms with Crippen molar-refractivity contribution >= 4 is 0 Å². The number of rotatable bonds is 3. The average molecular weight is 222 g/mol. The molecule has 1 aromatic carbocycles. The van der Waals surface area contributed by atoms with Gasteiger partial charge in [-0.05, 0) is 37.1 Å². The summed E-state index contributed by atoms with van der Waals surface area (Å²) in [6.45, 7) is 1.36. The number of likely N-dealkylation sites (tertiary alicyclic amines) is 1. The summed E-state index contributed by atoms with van der Waals surface area (Å²) in [5.74, 6) is 0.544. The van der Waals surface area contributed by atoms with Crippen molar-refractivity contribution in [3.05, 3.63) is 35.4 Å². The van der Waals surface area contributed by atoms with Crippen LogP contribution < -0.4 is 5.73 Å². The van der Waals surface area contributed by atoms with Gasteiger partial charge in [-0.25, -0.2) is 4.39 Å². The smallest absolute Gasteiger partial charge is 0.115 e. The van der Waals surface area contributed by atoms with Gasteiger partial charge >= 0.3 is 0 Å². The third kappa shape index (κ3) is 2.11. The van der Waals surface area contributed by atoms with Crippen molar-refractivity contribution < 1.29 is 4.39 Å². The Balaban J connectivity index is 2.23. The molecular formula is C13H19FN2. The monoisotopic (exact) mass is 222 g/mol. The van der Waals surface area contributed by atoms with E-state index in [-0.39, 0.29) is 6.67 Å². The van der Waals surface area contributed by atoms with Crippen LogP contribution >= 0.6 is 0 Å². The van der Waals surface area contributed by atoms with Crippen LogP contribution in [0.3, 0.4) is 0 Å². The van der Waals surface area contributed by atoms with Gasteiger partial charge in [0.2, 0.25) is 0 Å². The zero-order chi connectivity index (χ0) is 11.5. The first kappa shape index (κ1) is 11.6. The van der Waals surface area contributed by atoms with Gasteiger partial charge < -0.3 is 5.73 Å². The van der Waals surface area contributed by atoms with Crippen LogP contribution in [0.5, 0.6) is 0 Å². The second-order valence-electron chi connectivity index (χ2n) is 4.63. The van der Waals surface area contributed by atoms with E-state index in [0.29, 0.717) is 12.0 Å². The summed E-state index contributed by atoms with van der Waals surface area (Å²) in [6, 6.07) is 8.13. The Morgan fingerprint density at radius 1 is 1.44 bits per heavy atom. The molecule has 16 heavy (non-hydrogen) atoms. The lowest BCUT2D eigenvalue weighted by molar-refractivity contribution is 0.310. The van der Waals surface area contributed by atoms with Gasteiger partial charge in [-0.2, -0.15) is 0 Å². The first-order valence-corrected chi connectivity index (χ1v) is 5.80. The van der Waals surface area contributed by atoms with Crippen LogP contribution in [-0.4, -0.2) is 25.0 Å². The van der Waals surface area contributed by atoms with Crippen LogP contribution in [0.1, 0.15) is 23.6 Å². The van der Waals surface area contributed by atoms with E-state index in [1.54, 1.807) is 0 Å². The second kappa shape index (κ2) is 4.93. The fourth-order valence-corrected chi connectivity index (χ4v) is 2.62. The quantitative estimate of drug-likeness (QED) is 0.848. The number of hydrogen-bond acceptors (Lipinski definition) is 2. The normalized spacial score (nSPS) is 26.2. The van der Waals surface area contributed by atoms with Crippen molar-refractivity contribution in [1.29, 1.82) is 0 Å². The number of hydrogen-bond donors (Lipinski definition) is 1. The number of benzene rings is 1. The molecule has 2 nitrogen and oxygen atoms in total. The Morgan fingerprint density at radius 2 is 2.19 bits per heavy atom. The highest BCUT2D eigenvalue weighted by Gasteiger charge is 2.30. The van der Waals surface area contributed by atoms with E-state index in [4.69, 9.17) is 5.73 Å². The SMILES string of the molecule is CN1CC(CN)CC1c1ccccc1CF. The van der Waals surface area contributed by atoms with Gasteiger partial charge in [-0.15, -0.1) is 0 Å². The van der Waals surface area contributed by atoms with Crippen LogP contribution in [0, 0.1) is 5.92 Å². The largest absolute Gasteiger partial charge is 0.330 e. The molecule has 2 rings (SSSR count). The third-order valence-corrected chi connectivity index (χ3v) is 3.53. The predicted octanol–water partition coefficient (Wildman–Crippen LogP) is 2.11. The second-order valence-corrected chi connectivity index (χ2v) is 4.63. The lowest BCUT2D eigenvalue weighted by Gasteiger charge is -2.21. The molecule has 0 aromatic heterocycles. The summed E-state index contributed by atoms with van der Waals surface area (Å²) in [5.41, 5.74) is 7.65. The number of nitrogens with two attached hydrogens (primary N) is 1. The van der Waals surface area contributed by atoms with Crippen LogP contribution in [0.15, 0.2) is 24.3 Å². The molecular weight excluding hydrogens is 203 g/mol. The molecule has 1 aliphatic heterocycles. The van der Waals surface area contributed by atoms with E-state index in [1.807, 2.05) is 24.3 Å². The van der Waals surface area contributed by atoms with Gasteiger partial charge in [0.1, 0.15) is 6.67 Å². The molecule has 0 aliphatic carbocycles. The fraction of sp³-hybridized carbons (Fsp3) is 0.538. The van der Waals surface area contributed by atoms with Crippen LogP contribution in [0.4, 0.5) is 4.39 Å². The van der Waals surface area contributed by atoms with Crippen molar-refractivity contribution in [2.75, 3.05) is 20.1 Å². The number of halogens is 1. The van der Waals surface area contributed by atoms with Crippen molar-refractivity contribution in [2.45, 2.75) is 19.1 Å². The van der Waals surface area contributed by atoms with E-state index in [0.717, 1.165) is 30.6 Å². The van der Waals surface area contributed by atoms with Gasteiger partial charge in [-0.1, -0.05) is 24.3 Å². The Bertz CT molecular complexity index is 354. The molecule has 0 radical (unpaired) electrons. The molecule has 88 valence electrons. The topological polar surface area (TPSA) is 29.3 Å². The maximum absolute atomic E-state index is 12.9. The maximum atomic E-state index is 12.9. The lowest BCUT2D eigenvalue weighted by atomic mass is 9.96. The Kier molecular flexibility index (Phi) is 3.56. The minimum atomic E-state index is -0.381. The van der Waals surface area contributed by atoms with Crippen molar-refractivity contribution in [3.8, 4) is 0 Å². The van der Waals surface area contributed by atoms with Gasteiger partial charge in [0.05, 0.1) is 0 Å². The van der Waals surface area contributed by atoms with E-state index >= 15 is 0 Å². The molecule has 1 aromatic rings. The summed E-state index contributed by atoms with van der Waals surface area (Å²) >= 11 is 0. The van der Waals surface area contributed by atoms with Crippen molar-refractivity contribution in [2.24, 2.45) is 11.7 Å². The Hall–Kier alpha value is -0.930. The highest BCUT2D eigenvalue weighted by molar-refractivity contribution is 5.30. The molecule has 3 heteroatoms. The van der Waals surface area contributed by atoms with Gasteiger partial charge in [0.25, 0.3) is 0 Å². The molecule has 2 atom stereocenters. The average Bonchev–Trinajstić information content (AvgIpc) is 2.70. The highest BCUT2D eigenvalue weighted by Crippen LogP contribution is 2.35. The molecule has 2 unspecified atom stereocenters. The number of nitrogens with zero attached hydrogens (tertiary/aromatic N) is 1. The third-order valence-electron chi connectivity index (χ3n) is 3.53. The van der Waals surface area contributed by atoms with Crippen LogP contribution in [-0.2, 0) is 6.67 Å². The molecule has 1 heterocycles. The fourth-order valence-electron chi connectivity index (χ4n) is 2.62. The summed E-state index contributed by atoms with van der Waals surface area (Å²) in [6.07, 6.45) is 1.05. The standard InChI is InChI=1S/C13H19FN2/c1-16-9-10(8-15)6-13(16)12-5-3-2-4-11(12)7-14/h2-5,10,13H,6-9,15H2,1H3. The zero-order valence-electron chi connectivity index (χ0n) is 9.70. The van der Waals surface area contributed by atoms with E-state index in [1.165, 1.54) is 0 Å². The summed E-state index contributed by atoms with van der Waals surface area (Å²) in [4.78, 5) is 2.28. The Morgan fingerprint density at radius 3 is 2.81 bits per heavy atom. The number of alkyl halides is 1.